The predicted molar refractivity (Wildman–Crippen MR) is 82.8 cm³/mol. The molecule has 114 valence electrons. The van der Waals surface area contributed by atoms with E-state index in [9.17, 15) is 8.42 Å². The summed E-state index contributed by atoms with van der Waals surface area (Å²) in [5.74, 6) is 0.853. The SMILES string of the molecule is COc1cc(S(=O)(=O)N(C)c2cccnc2N(C)C)sn1. The second-order valence-corrected chi connectivity index (χ2v) is 7.40. The standard InChI is InChI=1S/C12H16N4O3S2/c1-15(2)12-9(6-5-7-13-12)16(3)21(17,18)11-8-10(19-4)14-20-11/h5-8H,1-4H3. The minimum Gasteiger partial charge on any atom is -0.480 e. The molecule has 0 atom stereocenters. The van der Waals surface area contributed by atoms with Crippen LogP contribution in [0.25, 0.3) is 0 Å². The second-order valence-electron chi connectivity index (χ2n) is 4.40. The fourth-order valence-electron chi connectivity index (χ4n) is 1.70. The van der Waals surface area contributed by atoms with Crippen LogP contribution in [0.2, 0.25) is 0 Å². The van der Waals surface area contributed by atoms with Crippen molar-refractivity contribution in [3.63, 3.8) is 0 Å². The zero-order valence-electron chi connectivity index (χ0n) is 12.1. The van der Waals surface area contributed by atoms with Crippen LogP contribution in [0.4, 0.5) is 11.5 Å². The van der Waals surface area contributed by atoms with Crippen molar-refractivity contribution in [2.75, 3.05) is 37.5 Å². The lowest BCUT2D eigenvalue weighted by molar-refractivity contribution is 0.402. The summed E-state index contributed by atoms with van der Waals surface area (Å²) in [6, 6.07) is 4.81. The molecule has 7 nitrogen and oxygen atoms in total. The highest BCUT2D eigenvalue weighted by Crippen LogP contribution is 2.31. The minimum atomic E-state index is -3.69. The van der Waals surface area contributed by atoms with E-state index in [4.69, 9.17) is 4.74 Å². The molecule has 2 heterocycles. The van der Waals surface area contributed by atoms with Crippen molar-refractivity contribution < 1.29 is 13.2 Å². The maximum Gasteiger partial charge on any atom is 0.275 e. The van der Waals surface area contributed by atoms with Crippen molar-refractivity contribution in [2.45, 2.75) is 4.21 Å². The van der Waals surface area contributed by atoms with Crippen LogP contribution in [0.1, 0.15) is 0 Å². The molecule has 0 aliphatic rings. The number of sulfonamides is 1. The summed E-state index contributed by atoms with van der Waals surface area (Å²) < 4.78 is 35.4. The number of ether oxygens (including phenoxy) is 1. The van der Waals surface area contributed by atoms with Crippen LogP contribution in [0.15, 0.2) is 28.6 Å². The van der Waals surface area contributed by atoms with Crippen LogP contribution in [-0.2, 0) is 10.0 Å². The van der Waals surface area contributed by atoms with E-state index in [2.05, 4.69) is 9.36 Å². The highest BCUT2D eigenvalue weighted by atomic mass is 32.2. The van der Waals surface area contributed by atoms with Gasteiger partial charge in [0, 0.05) is 33.4 Å². The fourth-order valence-corrected chi connectivity index (χ4v) is 3.91. The molecule has 2 rings (SSSR count). The van der Waals surface area contributed by atoms with E-state index in [1.54, 1.807) is 23.2 Å². The van der Waals surface area contributed by atoms with Crippen LogP contribution in [0.5, 0.6) is 5.88 Å². The Balaban J connectivity index is 2.45. The van der Waals surface area contributed by atoms with Gasteiger partial charge in [-0.15, -0.1) is 0 Å². The number of anilines is 2. The van der Waals surface area contributed by atoms with Gasteiger partial charge in [-0.2, -0.15) is 4.37 Å². The molecule has 0 radical (unpaired) electrons. The number of hydrogen-bond acceptors (Lipinski definition) is 7. The fraction of sp³-hybridized carbons (Fsp3) is 0.333. The first-order chi connectivity index (χ1) is 9.87. The zero-order valence-corrected chi connectivity index (χ0v) is 13.8. The van der Waals surface area contributed by atoms with E-state index in [1.807, 2.05) is 14.1 Å². The van der Waals surface area contributed by atoms with Gasteiger partial charge < -0.3 is 9.64 Å². The lowest BCUT2D eigenvalue weighted by Crippen LogP contribution is -2.28. The molecule has 0 aliphatic heterocycles. The molecule has 0 N–H and O–H groups in total. The highest BCUT2D eigenvalue weighted by molar-refractivity contribution is 7.94. The Hall–Kier alpha value is -1.87. The molecule has 0 unspecified atom stereocenters. The molecule has 21 heavy (non-hydrogen) atoms. The molecule has 2 aromatic rings. The summed E-state index contributed by atoms with van der Waals surface area (Å²) in [5, 5.41) is 0. The van der Waals surface area contributed by atoms with Crippen LogP contribution >= 0.6 is 11.5 Å². The maximum atomic E-state index is 12.6. The first kappa shape index (κ1) is 15.5. The molecule has 2 aromatic heterocycles. The summed E-state index contributed by atoms with van der Waals surface area (Å²) in [6.45, 7) is 0. The summed E-state index contributed by atoms with van der Waals surface area (Å²) in [7, 11) is 2.86. The van der Waals surface area contributed by atoms with Crippen molar-refractivity contribution in [3.8, 4) is 5.88 Å². The Bertz CT molecular complexity index is 728. The molecule has 0 aromatic carbocycles. The van der Waals surface area contributed by atoms with Crippen molar-refractivity contribution in [1.29, 1.82) is 0 Å². The third-order valence-electron chi connectivity index (χ3n) is 2.82. The van der Waals surface area contributed by atoms with Crippen LogP contribution in [0.3, 0.4) is 0 Å². The number of pyridine rings is 1. The van der Waals surface area contributed by atoms with Crippen molar-refractivity contribution in [2.24, 2.45) is 0 Å². The first-order valence-electron chi connectivity index (χ1n) is 6.00. The Morgan fingerprint density at radius 2 is 2.00 bits per heavy atom. The lowest BCUT2D eigenvalue weighted by atomic mass is 10.4. The van der Waals surface area contributed by atoms with E-state index in [1.165, 1.54) is 24.5 Å². The van der Waals surface area contributed by atoms with Crippen LogP contribution in [-0.4, -0.2) is 46.0 Å². The first-order valence-corrected chi connectivity index (χ1v) is 8.21. The van der Waals surface area contributed by atoms with Crippen molar-refractivity contribution in [3.05, 3.63) is 24.4 Å². The van der Waals surface area contributed by atoms with Gasteiger partial charge in [0.1, 0.15) is 0 Å². The summed E-state index contributed by atoms with van der Waals surface area (Å²) in [6.07, 6.45) is 1.62. The third-order valence-corrected chi connectivity index (χ3v) is 5.79. The zero-order chi connectivity index (χ0) is 15.6. The van der Waals surface area contributed by atoms with Gasteiger partial charge in [-0.3, -0.25) is 4.31 Å². The summed E-state index contributed by atoms with van der Waals surface area (Å²) in [5.41, 5.74) is 0.495. The Kier molecular flexibility index (Phi) is 4.33. The van der Waals surface area contributed by atoms with Crippen molar-refractivity contribution >= 4 is 33.1 Å². The summed E-state index contributed by atoms with van der Waals surface area (Å²) in [4.78, 5) is 5.97. The Morgan fingerprint density at radius 3 is 2.57 bits per heavy atom. The van der Waals surface area contributed by atoms with E-state index in [0.29, 0.717) is 11.5 Å². The second kappa shape index (κ2) is 5.86. The molecular formula is C12H16N4O3S2. The monoisotopic (exact) mass is 328 g/mol. The van der Waals surface area contributed by atoms with E-state index >= 15 is 0 Å². The lowest BCUT2D eigenvalue weighted by Gasteiger charge is -2.23. The molecule has 0 saturated carbocycles. The van der Waals surface area contributed by atoms with Crippen LogP contribution in [0, 0.1) is 0 Å². The van der Waals surface area contributed by atoms with E-state index < -0.39 is 10.0 Å². The molecule has 0 spiro atoms. The van der Waals surface area contributed by atoms with Gasteiger partial charge in [0.05, 0.1) is 12.8 Å². The van der Waals surface area contributed by atoms with Gasteiger partial charge in [0.25, 0.3) is 10.0 Å². The van der Waals surface area contributed by atoms with Gasteiger partial charge >= 0.3 is 0 Å². The maximum absolute atomic E-state index is 12.6. The number of nitrogens with zero attached hydrogens (tertiary/aromatic N) is 4. The van der Waals surface area contributed by atoms with Crippen LogP contribution < -0.4 is 13.9 Å². The smallest absolute Gasteiger partial charge is 0.275 e. The molecule has 9 heteroatoms. The summed E-state index contributed by atoms with van der Waals surface area (Å²) >= 11 is 0.880. The molecule has 0 fully saturated rings. The quantitative estimate of drug-likeness (QED) is 0.827. The van der Waals surface area contributed by atoms with Gasteiger partial charge in [-0.05, 0) is 23.7 Å². The van der Waals surface area contributed by atoms with Gasteiger partial charge in [0.2, 0.25) is 5.88 Å². The molecule has 0 bridgehead atoms. The molecule has 0 amide bonds. The number of rotatable bonds is 5. The van der Waals surface area contributed by atoms with E-state index in [-0.39, 0.29) is 10.1 Å². The van der Waals surface area contributed by atoms with Gasteiger partial charge in [-0.25, -0.2) is 13.4 Å². The normalized spacial score (nSPS) is 11.2. The average Bonchev–Trinajstić information content (AvgIpc) is 2.96. The Labute approximate surface area is 128 Å². The predicted octanol–water partition coefficient (Wildman–Crippen LogP) is 1.44. The minimum absolute atomic E-state index is 0.121. The highest BCUT2D eigenvalue weighted by Gasteiger charge is 2.26. The molecule has 0 aliphatic carbocycles. The Morgan fingerprint density at radius 1 is 1.29 bits per heavy atom. The van der Waals surface area contributed by atoms with E-state index in [0.717, 1.165) is 11.5 Å². The van der Waals surface area contributed by atoms with Gasteiger partial charge in [-0.1, -0.05) is 0 Å². The third kappa shape index (κ3) is 2.93. The topological polar surface area (TPSA) is 75.6 Å². The average molecular weight is 328 g/mol. The van der Waals surface area contributed by atoms with Crippen molar-refractivity contribution in [1.82, 2.24) is 9.36 Å². The van der Waals surface area contributed by atoms with Gasteiger partial charge in [0.15, 0.2) is 10.0 Å². The number of hydrogen-bond donors (Lipinski definition) is 0. The largest absolute Gasteiger partial charge is 0.480 e. The number of methoxy groups -OCH3 is 1. The molecular weight excluding hydrogens is 312 g/mol. The molecule has 0 saturated heterocycles. The number of aromatic nitrogens is 2.